The monoisotopic (exact) mass is 311 g/mol. The van der Waals surface area contributed by atoms with Gasteiger partial charge in [-0.3, -0.25) is 0 Å². The highest BCUT2D eigenvalue weighted by Crippen LogP contribution is 2.26. The van der Waals surface area contributed by atoms with Gasteiger partial charge in [-0.25, -0.2) is 0 Å². The summed E-state index contributed by atoms with van der Waals surface area (Å²) in [5.41, 5.74) is 1.14. The first-order chi connectivity index (χ1) is 9.79. The molecule has 0 aliphatic heterocycles. The number of halogens is 1. The van der Waals surface area contributed by atoms with Crippen LogP contribution in [0.15, 0.2) is 24.3 Å². The van der Waals surface area contributed by atoms with Gasteiger partial charge in [-0.2, -0.15) is 0 Å². The molecular weight excluding hydrogens is 282 g/mol. The second-order valence-corrected chi connectivity index (χ2v) is 7.46. The van der Waals surface area contributed by atoms with Crippen LogP contribution in [0.4, 0.5) is 0 Å². The molecule has 0 aliphatic rings. The van der Waals surface area contributed by atoms with E-state index in [9.17, 15) is 0 Å². The average Bonchev–Trinajstić information content (AvgIpc) is 2.37. The molecule has 1 aromatic rings. The summed E-state index contributed by atoms with van der Waals surface area (Å²) in [6.07, 6.45) is 2.29. The number of rotatable bonds is 8. The maximum absolute atomic E-state index is 6.32. The molecule has 1 atom stereocenters. The minimum absolute atomic E-state index is 0.00471. The van der Waals surface area contributed by atoms with E-state index in [1.807, 2.05) is 18.2 Å². The molecule has 1 aromatic carbocycles. The number of benzene rings is 1. The Hall–Kier alpha value is -0.570. The first-order valence-corrected chi connectivity index (χ1v) is 8.28. The van der Waals surface area contributed by atoms with Crippen molar-refractivity contribution in [3.63, 3.8) is 0 Å². The number of hydrogen-bond acceptors (Lipinski definition) is 2. The molecule has 0 amide bonds. The predicted octanol–water partition coefficient (Wildman–Crippen LogP) is 5.22. The van der Waals surface area contributed by atoms with Crippen molar-refractivity contribution < 1.29 is 4.74 Å². The maximum atomic E-state index is 6.32. The van der Waals surface area contributed by atoms with E-state index in [-0.39, 0.29) is 11.6 Å². The molecule has 21 heavy (non-hydrogen) atoms. The topological polar surface area (TPSA) is 21.3 Å². The van der Waals surface area contributed by atoms with E-state index in [1.54, 1.807) is 0 Å². The predicted molar refractivity (Wildman–Crippen MR) is 92.0 cm³/mol. The Kier molecular flexibility index (Phi) is 7.72. The first kappa shape index (κ1) is 18.5. The Morgan fingerprint density at radius 3 is 2.43 bits per heavy atom. The molecule has 0 spiro atoms. The molecule has 0 bridgehead atoms. The second-order valence-electron chi connectivity index (χ2n) is 7.05. The number of ether oxygens (including phenoxy) is 1. The molecule has 1 unspecified atom stereocenters. The molecular formula is C18H30ClNO. The average molecular weight is 312 g/mol. The summed E-state index contributed by atoms with van der Waals surface area (Å²) < 4.78 is 6.11. The molecule has 120 valence electrons. The molecule has 0 saturated carbocycles. The lowest BCUT2D eigenvalue weighted by Crippen LogP contribution is -2.39. The van der Waals surface area contributed by atoms with Crippen LogP contribution in [0.25, 0.3) is 0 Å². The summed E-state index contributed by atoms with van der Waals surface area (Å²) in [7, 11) is 0. The van der Waals surface area contributed by atoms with Crippen molar-refractivity contribution in [3.05, 3.63) is 34.9 Å². The molecule has 0 aliphatic carbocycles. The highest BCUT2D eigenvalue weighted by molar-refractivity contribution is 6.31. The highest BCUT2D eigenvalue weighted by Gasteiger charge is 2.18. The summed E-state index contributed by atoms with van der Waals surface area (Å²) in [6.45, 7) is 12.5. The normalized spacial score (nSPS) is 13.7. The molecule has 0 saturated heterocycles. The van der Waals surface area contributed by atoms with E-state index in [2.05, 4.69) is 46.0 Å². The van der Waals surface area contributed by atoms with Gasteiger partial charge in [0.25, 0.3) is 0 Å². The Morgan fingerprint density at radius 2 is 1.86 bits per heavy atom. The van der Waals surface area contributed by atoms with Gasteiger partial charge in [0.2, 0.25) is 0 Å². The largest absolute Gasteiger partial charge is 0.372 e. The zero-order valence-corrected chi connectivity index (χ0v) is 14.8. The van der Waals surface area contributed by atoms with Gasteiger partial charge in [-0.1, -0.05) is 43.6 Å². The van der Waals surface area contributed by atoms with Gasteiger partial charge in [0.15, 0.2) is 0 Å². The standard InChI is InChI=1S/C18H30ClNO/c1-14(2)9-8-12-21-17(13-20-18(3,4)5)15-10-6-7-11-16(15)19/h6-7,10-11,14,17,20H,8-9,12-13H2,1-5H3. The lowest BCUT2D eigenvalue weighted by Gasteiger charge is -2.26. The smallest absolute Gasteiger partial charge is 0.0963 e. The van der Waals surface area contributed by atoms with Gasteiger partial charge < -0.3 is 10.1 Å². The Labute approximate surface area is 135 Å². The molecule has 1 N–H and O–H groups in total. The van der Waals surface area contributed by atoms with Gasteiger partial charge >= 0.3 is 0 Å². The van der Waals surface area contributed by atoms with Crippen LogP contribution >= 0.6 is 11.6 Å². The van der Waals surface area contributed by atoms with Gasteiger partial charge in [-0.05, 0) is 45.6 Å². The molecule has 1 rings (SSSR count). The van der Waals surface area contributed by atoms with Crippen molar-refractivity contribution >= 4 is 11.6 Å². The minimum Gasteiger partial charge on any atom is -0.372 e. The van der Waals surface area contributed by atoms with E-state index >= 15 is 0 Å². The first-order valence-electron chi connectivity index (χ1n) is 7.90. The molecule has 0 aromatic heterocycles. The van der Waals surface area contributed by atoms with Gasteiger partial charge in [-0.15, -0.1) is 0 Å². The third-order valence-electron chi connectivity index (χ3n) is 3.31. The van der Waals surface area contributed by atoms with Gasteiger partial charge in [0.1, 0.15) is 0 Å². The van der Waals surface area contributed by atoms with Crippen molar-refractivity contribution in [2.24, 2.45) is 5.92 Å². The van der Waals surface area contributed by atoms with Crippen LogP contribution in [0.2, 0.25) is 5.02 Å². The van der Waals surface area contributed by atoms with E-state index in [4.69, 9.17) is 16.3 Å². The Balaban J connectivity index is 2.64. The van der Waals surface area contributed by atoms with Crippen molar-refractivity contribution in [2.45, 2.75) is 59.1 Å². The van der Waals surface area contributed by atoms with Crippen LogP contribution in [-0.2, 0) is 4.74 Å². The molecule has 2 nitrogen and oxygen atoms in total. The summed E-state index contributed by atoms with van der Waals surface area (Å²) in [4.78, 5) is 0. The quantitative estimate of drug-likeness (QED) is 0.664. The van der Waals surface area contributed by atoms with E-state index < -0.39 is 0 Å². The fourth-order valence-electron chi connectivity index (χ4n) is 2.11. The van der Waals surface area contributed by atoms with Crippen LogP contribution in [0, 0.1) is 5.92 Å². The second kappa shape index (κ2) is 8.77. The number of hydrogen-bond donors (Lipinski definition) is 1. The van der Waals surface area contributed by atoms with Crippen molar-refractivity contribution in [3.8, 4) is 0 Å². The SMILES string of the molecule is CC(C)CCCOC(CNC(C)(C)C)c1ccccc1Cl. The lowest BCUT2D eigenvalue weighted by atomic mass is 10.1. The van der Waals surface area contributed by atoms with Crippen LogP contribution < -0.4 is 5.32 Å². The molecule has 0 radical (unpaired) electrons. The molecule has 3 heteroatoms. The lowest BCUT2D eigenvalue weighted by molar-refractivity contribution is 0.0446. The number of nitrogens with one attached hydrogen (secondary N) is 1. The highest BCUT2D eigenvalue weighted by atomic mass is 35.5. The van der Waals surface area contributed by atoms with Crippen LogP contribution in [0.1, 0.15) is 59.1 Å². The van der Waals surface area contributed by atoms with E-state index in [0.717, 1.165) is 36.1 Å². The van der Waals surface area contributed by atoms with Crippen LogP contribution in [0.3, 0.4) is 0 Å². The van der Waals surface area contributed by atoms with Crippen molar-refractivity contribution in [2.75, 3.05) is 13.2 Å². The zero-order valence-electron chi connectivity index (χ0n) is 14.1. The fraction of sp³-hybridized carbons (Fsp3) is 0.667. The van der Waals surface area contributed by atoms with E-state index in [0.29, 0.717) is 0 Å². The van der Waals surface area contributed by atoms with Crippen molar-refractivity contribution in [1.29, 1.82) is 0 Å². The third-order valence-corrected chi connectivity index (χ3v) is 3.66. The molecule has 0 heterocycles. The van der Waals surface area contributed by atoms with Crippen LogP contribution in [0.5, 0.6) is 0 Å². The fourth-order valence-corrected chi connectivity index (χ4v) is 2.37. The summed E-state index contributed by atoms with van der Waals surface area (Å²) in [5, 5.41) is 4.29. The van der Waals surface area contributed by atoms with Crippen LogP contribution in [-0.4, -0.2) is 18.7 Å². The Morgan fingerprint density at radius 1 is 1.19 bits per heavy atom. The van der Waals surface area contributed by atoms with Gasteiger partial charge in [0, 0.05) is 29.3 Å². The Bertz CT molecular complexity index is 412. The third kappa shape index (κ3) is 7.85. The minimum atomic E-state index is 0.00471. The zero-order chi connectivity index (χ0) is 15.9. The summed E-state index contributed by atoms with van der Waals surface area (Å²) >= 11 is 6.32. The summed E-state index contributed by atoms with van der Waals surface area (Å²) in [5.74, 6) is 0.722. The molecule has 0 fully saturated rings. The van der Waals surface area contributed by atoms with Crippen molar-refractivity contribution in [1.82, 2.24) is 5.32 Å². The summed E-state index contributed by atoms with van der Waals surface area (Å²) in [6, 6.07) is 7.96. The van der Waals surface area contributed by atoms with Gasteiger partial charge in [0.05, 0.1) is 6.10 Å². The maximum Gasteiger partial charge on any atom is 0.0963 e. The van der Waals surface area contributed by atoms with E-state index in [1.165, 1.54) is 6.42 Å².